The maximum Gasteiger partial charge on any atom is 0.160 e. The molecule has 4 aromatic rings. The zero-order valence-corrected chi connectivity index (χ0v) is 15.4. The minimum atomic E-state index is 0.0000693. The zero-order chi connectivity index (χ0) is 18.4. The van der Waals surface area contributed by atoms with Crippen molar-refractivity contribution in [2.75, 3.05) is 7.11 Å². The first-order valence-electron chi connectivity index (χ1n) is 8.69. The summed E-state index contributed by atoms with van der Waals surface area (Å²) >= 11 is 0. The number of benzene rings is 2. The lowest BCUT2D eigenvalue weighted by Gasteiger charge is -2.09. The van der Waals surface area contributed by atoms with Crippen molar-refractivity contribution in [1.82, 2.24) is 14.1 Å². The number of hydrogen-bond donors (Lipinski definition) is 0. The van der Waals surface area contributed by atoms with E-state index in [1.54, 1.807) is 20.1 Å². The van der Waals surface area contributed by atoms with Crippen LogP contribution < -0.4 is 4.74 Å². The van der Waals surface area contributed by atoms with Gasteiger partial charge < -0.3 is 13.9 Å². The van der Waals surface area contributed by atoms with Gasteiger partial charge in [0.05, 0.1) is 18.3 Å². The molecule has 0 aliphatic carbocycles. The summed E-state index contributed by atoms with van der Waals surface area (Å²) in [6.45, 7) is 4.54. The van der Waals surface area contributed by atoms with Gasteiger partial charge >= 0.3 is 0 Å². The van der Waals surface area contributed by atoms with Crippen LogP contribution in [0.1, 0.15) is 24.2 Å². The number of rotatable bonds is 4. The maximum atomic E-state index is 11.8. The highest BCUT2D eigenvalue weighted by Crippen LogP contribution is 2.34. The van der Waals surface area contributed by atoms with E-state index in [0.717, 1.165) is 29.1 Å². The molecule has 0 unspecified atom stereocenters. The summed E-state index contributed by atoms with van der Waals surface area (Å²) in [5.41, 5.74) is 4.50. The van der Waals surface area contributed by atoms with Crippen molar-refractivity contribution in [3.8, 4) is 17.3 Å². The number of para-hydroxylation sites is 1. The van der Waals surface area contributed by atoms with Crippen LogP contribution >= 0.6 is 0 Å². The number of ketones is 1. The molecule has 2 heterocycles. The van der Waals surface area contributed by atoms with Crippen LogP contribution in [-0.4, -0.2) is 27.0 Å². The fraction of sp³-hybridized carbons (Fsp3) is 0.238. The van der Waals surface area contributed by atoms with Crippen molar-refractivity contribution in [3.63, 3.8) is 0 Å². The Balaban J connectivity index is 2.04. The van der Waals surface area contributed by atoms with Gasteiger partial charge in [-0.05, 0) is 38.1 Å². The number of aryl methyl sites for hydroxylation is 2. The molecule has 5 nitrogen and oxygen atoms in total. The fourth-order valence-electron chi connectivity index (χ4n) is 3.63. The number of imidazole rings is 1. The molecular formula is C21H21N3O2. The van der Waals surface area contributed by atoms with E-state index in [2.05, 4.69) is 35.8 Å². The maximum absolute atomic E-state index is 11.8. The summed E-state index contributed by atoms with van der Waals surface area (Å²) in [6, 6.07) is 14.1. The molecule has 4 rings (SSSR count). The lowest BCUT2D eigenvalue weighted by molar-refractivity contribution is 0.101. The molecule has 2 aromatic carbocycles. The van der Waals surface area contributed by atoms with Crippen molar-refractivity contribution in [3.05, 3.63) is 48.0 Å². The Morgan fingerprint density at radius 2 is 1.96 bits per heavy atom. The average molecular weight is 347 g/mol. The number of carbonyl (C=O) groups is 1. The summed E-state index contributed by atoms with van der Waals surface area (Å²) in [6.07, 6.45) is 0. The highest BCUT2D eigenvalue weighted by atomic mass is 16.5. The van der Waals surface area contributed by atoms with Crippen LogP contribution in [0.5, 0.6) is 5.75 Å². The second-order valence-electron chi connectivity index (χ2n) is 6.43. The van der Waals surface area contributed by atoms with Gasteiger partial charge in [0.1, 0.15) is 11.3 Å². The molecule has 0 amide bonds. The molecule has 0 atom stereocenters. The second-order valence-corrected chi connectivity index (χ2v) is 6.43. The molecule has 0 radical (unpaired) electrons. The topological polar surface area (TPSA) is 49.1 Å². The standard InChI is InChI=1S/C21H21N3O2/c1-5-24-17-9-7-6-8-14(17)11-18(24)21-22-16-10-15(13(2)25)12-19(26-4)20(16)23(21)3/h6-12H,5H2,1-4H3. The minimum Gasteiger partial charge on any atom is -0.494 e. The molecule has 26 heavy (non-hydrogen) atoms. The van der Waals surface area contributed by atoms with Gasteiger partial charge in [-0.2, -0.15) is 0 Å². The Labute approximate surface area is 151 Å². The third-order valence-corrected chi connectivity index (χ3v) is 4.92. The van der Waals surface area contributed by atoms with Crippen molar-refractivity contribution in [2.45, 2.75) is 20.4 Å². The molecule has 2 aromatic heterocycles. The predicted molar refractivity (Wildman–Crippen MR) is 104 cm³/mol. The van der Waals surface area contributed by atoms with Crippen LogP contribution in [0.25, 0.3) is 33.5 Å². The van der Waals surface area contributed by atoms with Crippen LogP contribution in [0.2, 0.25) is 0 Å². The number of carbonyl (C=O) groups excluding carboxylic acids is 1. The van der Waals surface area contributed by atoms with Crippen molar-refractivity contribution in [1.29, 1.82) is 0 Å². The van der Waals surface area contributed by atoms with Crippen molar-refractivity contribution < 1.29 is 9.53 Å². The van der Waals surface area contributed by atoms with E-state index in [1.807, 2.05) is 23.7 Å². The van der Waals surface area contributed by atoms with Gasteiger partial charge in [-0.1, -0.05) is 18.2 Å². The quantitative estimate of drug-likeness (QED) is 0.513. The summed E-state index contributed by atoms with van der Waals surface area (Å²) in [4.78, 5) is 16.7. The molecule has 0 spiro atoms. The van der Waals surface area contributed by atoms with Crippen LogP contribution in [0.4, 0.5) is 0 Å². The summed E-state index contributed by atoms with van der Waals surface area (Å²) in [5, 5.41) is 1.19. The largest absolute Gasteiger partial charge is 0.494 e. The Kier molecular flexibility index (Phi) is 3.80. The first kappa shape index (κ1) is 16.4. The second kappa shape index (κ2) is 6.02. The van der Waals surface area contributed by atoms with Gasteiger partial charge in [-0.3, -0.25) is 4.79 Å². The molecule has 0 aliphatic rings. The average Bonchev–Trinajstić information content (AvgIpc) is 3.18. The van der Waals surface area contributed by atoms with Crippen LogP contribution in [0.15, 0.2) is 42.5 Å². The molecule has 0 bridgehead atoms. The smallest absolute Gasteiger partial charge is 0.160 e. The van der Waals surface area contributed by atoms with Crippen molar-refractivity contribution >= 4 is 27.7 Å². The third kappa shape index (κ3) is 2.31. The zero-order valence-electron chi connectivity index (χ0n) is 15.4. The van der Waals surface area contributed by atoms with Crippen LogP contribution in [-0.2, 0) is 13.6 Å². The molecule has 0 saturated heterocycles. The van der Waals surface area contributed by atoms with E-state index in [1.165, 1.54) is 10.9 Å². The third-order valence-electron chi connectivity index (χ3n) is 4.92. The summed E-state index contributed by atoms with van der Waals surface area (Å²) < 4.78 is 9.84. The Bertz CT molecular complexity index is 1150. The van der Waals surface area contributed by atoms with Gasteiger partial charge in [-0.15, -0.1) is 0 Å². The van der Waals surface area contributed by atoms with Crippen LogP contribution in [0, 0.1) is 0 Å². The van der Waals surface area contributed by atoms with Gasteiger partial charge in [-0.25, -0.2) is 4.98 Å². The number of methoxy groups -OCH3 is 1. The highest BCUT2D eigenvalue weighted by Gasteiger charge is 2.19. The first-order chi connectivity index (χ1) is 12.5. The van der Waals surface area contributed by atoms with E-state index in [4.69, 9.17) is 9.72 Å². The van der Waals surface area contributed by atoms with E-state index >= 15 is 0 Å². The van der Waals surface area contributed by atoms with E-state index in [9.17, 15) is 4.79 Å². The Morgan fingerprint density at radius 3 is 2.65 bits per heavy atom. The highest BCUT2D eigenvalue weighted by molar-refractivity contribution is 6.00. The molecule has 0 fully saturated rings. The van der Waals surface area contributed by atoms with Crippen molar-refractivity contribution in [2.24, 2.45) is 7.05 Å². The molecule has 0 N–H and O–H groups in total. The van der Waals surface area contributed by atoms with Gasteiger partial charge in [0.25, 0.3) is 0 Å². The summed E-state index contributed by atoms with van der Waals surface area (Å²) in [5.74, 6) is 1.52. The predicted octanol–water partition coefficient (Wildman–Crippen LogP) is 4.43. The SMILES string of the molecule is CCn1c(-c2nc3cc(C(C)=O)cc(OC)c3n2C)cc2ccccc21. The monoisotopic (exact) mass is 347 g/mol. The number of nitrogens with zero attached hydrogens (tertiary/aromatic N) is 3. The van der Waals surface area contributed by atoms with Gasteiger partial charge in [0.2, 0.25) is 0 Å². The molecule has 132 valence electrons. The minimum absolute atomic E-state index is 0.0000693. The first-order valence-corrected chi connectivity index (χ1v) is 8.69. The van der Waals surface area contributed by atoms with E-state index in [0.29, 0.717) is 11.3 Å². The Hall–Kier alpha value is -3.08. The fourth-order valence-corrected chi connectivity index (χ4v) is 3.63. The Morgan fingerprint density at radius 1 is 1.19 bits per heavy atom. The van der Waals surface area contributed by atoms with Gasteiger partial charge in [0.15, 0.2) is 11.6 Å². The number of ether oxygens (including phenoxy) is 1. The molecule has 5 heteroatoms. The molecular weight excluding hydrogens is 326 g/mol. The number of hydrogen-bond acceptors (Lipinski definition) is 3. The van der Waals surface area contributed by atoms with E-state index in [-0.39, 0.29) is 5.78 Å². The lowest BCUT2D eigenvalue weighted by Crippen LogP contribution is -2.01. The number of aromatic nitrogens is 3. The molecule has 0 aliphatic heterocycles. The van der Waals surface area contributed by atoms with E-state index < -0.39 is 0 Å². The normalized spacial score (nSPS) is 11.4. The number of fused-ring (bicyclic) bond motifs is 2. The van der Waals surface area contributed by atoms with Crippen LogP contribution in [0.3, 0.4) is 0 Å². The number of Topliss-reactive ketones (excluding diaryl/α,β-unsaturated/α-hetero) is 1. The summed E-state index contributed by atoms with van der Waals surface area (Å²) in [7, 11) is 3.60. The molecule has 0 saturated carbocycles. The van der Waals surface area contributed by atoms with Gasteiger partial charge in [0, 0.05) is 30.1 Å². The lowest BCUT2D eigenvalue weighted by atomic mass is 10.1.